The van der Waals surface area contributed by atoms with Gasteiger partial charge in [0.2, 0.25) is 0 Å². The molecule has 1 aliphatic rings. The molecule has 1 aliphatic heterocycles. The second kappa shape index (κ2) is 6.13. The number of hydrogen-bond donors (Lipinski definition) is 1. The molecular weight excluding hydrogens is 331 g/mol. The Morgan fingerprint density at radius 2 is 2.17 bits per heavy atom. The highest BCUT2D eigenvalue weighted by Crippen LogP contribution is 2.33. The van der Waals surface area contributed by atoms with Crippen molar-refractivity contribution in [1.29, 1.82) is 0 Å². The van der Waals surface area contributed by atoms with E-state index in [9.17, 15) is 18.0 Å². The molecule has 1 N–H and O–H groups in total. The molecule has 124 valence electrons. The van der Waals surface area contributed by atoms with Gasteiger partial charge in [-0.2, -0.15) is 13.2 Å². The van der Waals surface area contributed by atoms with Gasteiger partial charge in [-0.1, -0.05) is 11.6 Å². The summed E-state index contributed by atoms with van der Waals surface area (Å²) in [6.07, 6.45) is -3.54. The third-order valence-electron chi connectivity index (χ3n) is 4.06. The van der Waals surface area contributed by atoms with E-state index in [1.807, 2.05) is 0 Å². The molecule has 0 aliphatic carbocycles. The average Bonchev–Trinajstić information content (AvgIpc) is 2.48. The summed E-state index contributed by atoms with van der Waals surface area (Å²) < 4.78 is 38.6. The Hall–Kier alpha value is -1.60. The van der Waals surface area contributed by atoms with Crippen LogP contribution in [0.3, 0.4) is 0 Å². The minimum atomic E-state index is -4.18. The zero-order valence-corrected chi connectivity index (χ0v) is 12.9. The van der Waals surface area contributed by atoms with Crippen LogP contribution in [0.4, 0.5) is 13.2 Å². The number of fused-ring (bicyclic) bond motifs is 1. The third kappa shape index (κ3) is 3.67. The van der Waals surface area contributed by atoms with E-state index in [0.29, 0.717) is 34.7 Å². The predicted molar refractivity (Wildman–Crippen MR) is 81.4 cm³/mol. The summed E-state index contributed by atoms with van der Waals surface area (Å²) in [5, 5.41) is 0.801. The van der Waals surface area contributed by atoms with Crippen LogP contribution in [-0.2, 0) is 6.54 Å². The van der Waals surface area contributed by atoms with Crippen molar-refractivity contribution in [3.8, 4) is 0 Å². The number of likely N-dealkylation sites (tertiary alicyclic amines) is 1. The second-order valence-corrected chi connectivity index (χ2v) is 6.23. The van der Waals surface area contributed by atoms with Crippen LogP contribution in [0.2, 0.25) is 5.02 Å². The molecule has 8 heteroatoms. The number of aromatic amines is 1. The van der Waals surface area contributed by atoms with Crippen molar-refractivity contribution in [2.75, 3.05) is 13.1 Å². The highest BCUT2D eigenvalue weighted by Gasteiger charge is 2.41. The third-order valence-corrected chi connectivity index (χ3v) is 4.29. The van der Waals surface area contributed by atoms with E-state index in [4.69, 9.17) is 11.6 Å². The zero-order chi connectivity index (χ0) is 16.6. The van der Waals surface area contributed by atoms with E-state index in [2.05, 4.69) is 9.97 Å². The van der Waals surface area contributed by atoms with E-state index in [-0.39, 0.29) is 25.1 Å². The van der Waals surface area contributed by atoms with Crippen LogP contribution in [0.25, 0.3) is 10.9 Å². The number of benzene rings is 1. The van der Waals surface area contributed by atoms with Gasteiger partial charge in [0.15, 0.2) is 0 Å². The fraction of sp³-hybridized carbons (Fsp3) is 0.467. The fourth-order valence-electron chi connectivity index (χ4n) is 2.91. The smallest absolute Gasteiger partial charge is 0.309 e. The van der Waals surface area contributed by atoms with Gasteiger partial charge in [-0.15, -0.1) is 0 Å². The molecule has 0 radical (unpaired) electrons. The minimum Gasteiger partial charge on any atom is -0.309 e. The Morgan fingerprint density at radius 1 is 1.39 bits per heavy atom. The molecule has 0 unspecified atom stereocenters. The van der Waals surface area contributed by atoms with Gasteiger partial charge >= 0.3 is 6.18 Å². The Labute approximate surface area is 135 Å². The highest BCUT2D eigenvalue weighted by atomic mass is 35.5. The number of rotatable bonds is 2. The van der Waals surface area contributed by atoms with Crippen molar-refractivity contribution in [1.82, 2.24) is 14.9 Å². The lowest BCUT2D eigenvalue weighted by Gasteiger charge is -2.33. The van der Waals surface area contributed by atoms with Gasteiger partial charge in [0.05, 0.1) is 23.4 Å². The van der Waals surface area contributed by atoms with Crippen LogP contribution in [0.5, 0.6) is 0 Å². The Bertz CT molecular complexity index is 775. The Balaban J connectivity index is 1.81. The summed E-state index contributed by atoms with van der Waals surface area (Å²) in [4.78, 5) is 20.7. The number of alkyl halides is 3. The van der Waals surface area contributed by atoms with Crippen molar-refractivity contribution in [2.45, 2.75) is 25.6 Å². The van der Waals surface area contributed by atoms with E-state index >= 15 is 0 Å². The van der Waals surface area contributed by atoms with Gasteiger partial charge in [-0.05, 0) is 37.6 Å². The monoisotopic (exact) mass is 345 g/mol. The van der Waals surface area contributed by atoms with E-state index in [0.717, 1.165) is 0 Å². The maximum absolute atomic E-state index is 12.9. The number of nitrogens with zero attached hydrogens (tertiary/aromatic N) is 2. The van der Waals surface area contributed by atoms with Crippen molar-refractivity contribution in [3.63, 3.8) is 0 Å². The topological polar surface area (TPSA) is 49.0 Å². The first-order valence-corrected chi connectivity index (χ1v) is 7.68. The summed E-state index contributed by atoms with van der Waals surface area (Å²) in [5.74, 6) is -0.949. The minimum absolute atomic E-state index is 0.0636. The number of H-pyrrole nitrogens is 1. The van der Waals surface area contributed by atoms with Gasteiger partial charge in [0, 0.05) is 11.6 Å². The Kier molecular flexibility index (Phi) is 4.33. The number of halogens is 4. The number of nitrogens with one attached hydrogen (secondary N) is 1. The first-order chi connectivity index (χ1) is 10.8. The molecular formula is C15H15ClF3N3O. The molecule has 23 heavy (non-hydrogen) atoms. The van der Waals surface area contributed by atoms with Gasteiger partial charge < -0.3 is 4.98 Å². The number of aromatic nitrogens is 2. The van der Waals surface area contributed by atoms with Crippen LogP contribution in [0.15, 0.2) is 23.0 Å². The van der Waals surface area contributed by atoms with Crippen LogP contribution < -0.4 is 5.56 Å². The van der Waals surface area contributed by atoms with Gasteiger partial charge in [-0.25, -0.2) is 4.98 Å². The maximum Gasteiger partial charge on any atom is 0.393 e. The van der Waals surface area contributed by atoms with Crippen LogP contribution in [0, 0.1) is 5.92 Å². The first kappa shape index (κ1) is 16.3. The lowest BCUT2D eigenvalue weighted by molar-refractivity contribution is -0.187. The van der Waals surface area contributed by atoms with Gasteiger partial charge in [-0.3, -0.25) is 9.69 Å². The molecule has 3 rings (SSSR count). The molecule has 1 saturated heterocycles. The fourth-order valence-corrected chi connectivity index (χ4v) is 3.08. The van der Waals surface area contributed by atoms with E-state index < -0.39 is 12.1 Å². The molecule has 0 bridgehead atoms. The van der Waals surface area contributed by atoms with Crippen LogP contribution in [0.1, 0.15) is 18.7 Å². The van der Waals surface area contributed by atoms with Gasteiger partial charge in [0.1, 0.15) is 5.82 Å². The molecule has 4 nitrogen and oxygen atoms in total. The summed E-state index contributed by atoms with van der Waals surface area (Å²) in [6, 6.07) is 4.78. The summed E-state index contributed by atoms with van der Waals surface area (Å²) in [7, 11) is 0. The van der Waals surface area contributed by atoms with Crippen LogP contribution in [-0.4, -0.2) is 34.1 Å². The molecule has 0 saturated carbocycles. The van der Waals surface area contributed by atoms with E-state index in [1.54, 1.807) is 17.0 Å². The highest BCUT2D eigenvalue weighted by molar-refractivity contribution is 6.31. The maximum atomic E-state index is 12.9. The lowest BCUT2D eigenvalue weighted by atomic mass is 9.97. The molecule has 2 heterocycles. The van der Waals surface area contributed by atoms with Gasteiger partial charge in [0.25, 0.3) is 5.56 Å². The largest absolute Gasteiger partial charge is 0.393 e. The predicted octanol–water partition coefficient (Wildman–Crippen LogP) is 3.35. The average molecular weight is 346 g/mol. The molecule has 0 amide bonds. The molecule has 1 fully saturated rings. The van der Waals surface area contributed by atoms with E-state index in [1.165, 1.54) is 6.07 Å². The van der Waals surface area contributed by atoms with Crippen molar-refractivity contribution < 1.29 is 13.2 Å². The Morgan fingerprint density at radius 3 is 2.91 bits per heavy atom. The normalized spacial score (nSPS) is 20.1. The van der Waals surface area contributed by atoms with Crippen molar-refractivity contribution in [3.05, 3.63) is 39.4 Å². The molecule has 1 aromatic heterocycles. The standard InChI is InChI=1S/C15H15ClF3N3O/c16-10-3-4-12-11(6-10)14(23)21-13(20-12)8-22-5-1-2-9(7-22)15(17,18)19/h3-4,6,9H,1-2,5,7-8H2,(H,20,21,23)/t9-/m0/s1. The number of piperidine rings is 1. The summed E-state index contributed by atoms with van der Waals surface area (Å²) in [5.41, 5.74) is 0.148. The van der Waals surface area contributed by atoms with Crippen molar-refractivity contribution >= 4 is 22.5 Å². The first-order valence-electron chi connectivity index (χ1n) is 7.30. The molecule has 1 atom stereocenters. The molecule has 1 aromatic carbocycles. The number of hydrogen-bond acceptors (Lipinski definition) is 3. The lowest BCUT2D eigenvalue weighted by Crippen LogP contribution is -2.41. The SMILES string of the molecule is O=c1[nH]c(CN2CCC[C@H](C(F)(F)F)C2)nc2ccc(Cl)cc12. The second-order valence-electron chi connectivity index (χ2n) is 5.79. The summed E-state index contributed by atoms with van der Waals surface area (Å²) in [6.45, 7) is 0.696. The molecule has 2 aromatic rings. The van der Waals surface area contributed by atoms with Crippen LogP contribution >= 0.6 is 11.6 Å². The van der Waals surface area contributed by atoms with Crippen molar-refractivity contribution in [2.24, 2.45) is 5.92 Å². The quantitative estimate of drug-likeness (QED) is 0.908. The zero-order valence-electron chi connectivity index (χ0n) is 12.2. The summed E-state index contributed by atoms with van der Waals surface area (Å²) >= 11 is 5.85. The molecule has 0 spiro atoms.